The average Bonchev–Trinajstić information content (AvgIpc) is 3.21. The van der Waals surface area contributed by atoms with Gasteiger partial charge in [0.15, 0.2) is 6.10 Å². The largest absolute Gasteiger partial charge is 0.462 e. The minimum atomic E-state index is -0.765. The second-order valence-electron chi connectivity index (χ2n) is 17.1. The molecule has 0 amide bonds. The summed E-state index contributed by atoms with van der Waals surface area (Å²) in [5.41, 5.74) is 0. The summed E-state index contributed by atoms with van der Waals surface area (Å²) >= 11 is 0. The fourth-order valence-electron chi connectivity index (χ4n) is 7.44. The molecule has 1 unspecified atom stereocenters. The lowest BCUT2D eigenvalue weighted by Crippen LogP contribution is -2.30. The first-order chi connectivity index (χ1) is 28.0. The Morgan fingerprint density at radius 1 is 0.333 bits per heavy atom. The lowest BCUT2D eigenvalue weighted by atomic mass is 10.0. The van der Waals surface area contributed by atoms with E-state index in [0.29, 0.717) is 19.3 Å². The first kappa shape index (κ1) is 55.2. The van der Waals surface area contributed by atoms with Gasteiger partial charge in [0.05, 0.1) is 0 Å². The molecule has 0 aromatic heterocycles. The first-order valence-corrected chi connectivity index (χ1v) is 25.2. The van der Waals surface area contributed by atoms with Crippen molar-refractivity contribution in [1.29, 1.82) is 0 Å². The van der Waals surface area contributed by atoms with Gasteiger partial charge >= 0.3 is 17.9 Å². The Balaban J connectivity index is 4.07. The van der Waals surface area contributed by atoms with Crippen LogP contribution in [0.2, 0.25) is 0 Å². The van der Waals surface area contributed by atoms with Gasteiger partial charge in [0.2, 0.25) is 0 Å². The van der Waals surface area contributed by atoms with Crippen LogP contribution in [-0.2, 0) is 28.6 Å². The van der Waals surface area contributed by atoms with Crippen molar-refractivity contribution in [2.45, 2.75) is 284 Å². The summed E-state index contributed by atoms with van der Waals surface area (Å²) in [6, 6.07) is 0. The molecule has 6 nitrogen and oxygen atoms in total. The Morgan fingerprint density at radius 2 is 0.579 bits per heavy atom. The molecule has 0 aliphatic heterocycles. The van der Waals surface area contributed by atoms with E-state index < -0.39 is 6.10 Å². The van der Waals surface area contributed by atoms with Crippen molar-refractivity contribution in [3.8, 4) is 0 Å². The lowest BCUT2D eigenvalue weighted by Gasteiger charge is -2.18. The van der Waals surface area contributed by atoms with E-state index in [4.69, 9.17) is 14.2 Å². The summed E-state index contributed by atoms with van der Waals surface area (Å²) in [4.78, 5) is 37.6. The van der Waals surface area contributed by atoms with Crippen LogP contribution >= 0.6 is 0 Å². The molecule has 0 aromatic carbocycles. The third kappa shape index (κ3) is 45.1. The van der Waals surface area contributed by atoms with Gasteiger partial charge in [-0.1, -0.05) is 226 Å². The molecule has 0 aromatic rings. The zero-order valence-electron chi connectivity index (χ0n) is 38.4. The van der Waals surface area contributed by atoms with E-state index in [0.717, 1.165) is 70.6 Å². The summed E-state index contributed by atoms with van der Waals surface area (Å²) in [7, 11) is 0. The standard InChI is InChI=1S/C51H96O6/c1-4-7-10-13-15-17-19-21-22-23-24-25-26-27-28-30-31-33-35-38-41-44-50(53)56-47-48(46-55-49(52)43-40-37-12-9-6-3)57-51(54)45-42-39-36-34-32-29-20-18-16-14-11-8-5-2/h18,20,48H,4-17,19,21-47H2,1-3H3/b20-18-. The van der Waals surface area contributed by atoms with Gasteiger partial charge in [-0.25, -0.2) is 0 Å². The van der Waals surface area contributed by atoms with E-state index >= 15 is 0 Å². The molecule has 57 heavy (non-hydrogen) atoms. The second kappa shape index (κ2) is 46.8. The van der Waals surface area contributed by atoms with E-state index in [1.165, 1.54) is 167 Å². The van der Waals surface area contributed by atoms with Gasteiger partial charge in [-0.3, -0.25) is 14.4 Å². The summed E-state index contributed by atoms with van der Waals surface area (Å²) in [6.45, 7) is 6.56. The van der Waals surface area contributed by atoms with Crippen LogP contribution < -0.4 is 0 Å². The van der Waals surface area contributed by atoms with Crippen molar-refractivity contribution in [2.75, 3.05) is 13.2 Å². The number of hydrogen-bond donors (Lipinski definition) is 0. The van der Waals surface area contributed by atoms with Crippen molar-refractivity contribution >= 4 is 17.9 Å². The van der Waals surface area contributed by atoms with Crippen molar-refractivity contribution < 1.29 is 28.6 Å². The van der Waals surface area contributed by atoms with Crippen LogP contribution in [0.5, 0.6) is 0 Å². The topological polar surface area (TPSA) is 78.9 Å². The molecule has 336 valence electrons. The molecule has 0 rings (SSSR count). The number of unbranched alkanes of at least 4 members (excludes halogenated alkanes) is 33. The molecule has 0 spiro atoms. The molecule has 1 atom stereocenters. The van der Waals surface area contributed by atoms with Crippen molar-refractivity contribution in [3.63, 3.8) is 0 Å². The SMILES string of the molecule is CCCCCC/C=C\CCCCCCCC(=O)OC(COC(=O)CCCCCCC)COC(=O)CCCCCCCCCCCCCCCCCCCCCCC. The van der Waals surface area contributed by atoms with Crippen LogP contribution in [0.3, 0.4) is 0 Å². The number of ether oxygens (including phenoxy) is 3. The molecule has 0 aliphatic carbocycles. The third-order valence-electron chi connectivity index (χ3n) is 11.3. The van der Waals surface area contributed by atoms with Crippen LogP contribution in [0.1, 0.15) is 278 Å². The molecule has 0 heterocycles. The Hall–Kier alpha value is -1.85. The van der Waals surface area contributed by atoms with Crippen molar-refractivity contribution in [2.24, 2.45) is 0 Å². The maximum atomic E-state index is 12.7. The highest BCUT2D eigenvalue weighted by Crippen LogP contribution is 2.16. The number of hydrogen-bond acceptors (Lipinski definition) is 6. The maximum Gasteiger partial charge on any atom is 0.306 e. The Labute approximate surface area is 354 Å². The number of rotatable bonds is 46. The Bertz CT molecular complexity index is 885. The van der Waals surface area contributed by atoms with Gasteiger partial charge in [-0.05, 0) is 44.9 Å². The fraction of sp³-hybridized carbons (Fsp3) is 0.902. The number of esters is 3. The minimum Gasteiger partial charge on any atom is -0.462 e. The predicted octanol–water partition coefficient (Wildman–Crippen LogP) is 16.2. The van der Waals surface area contributed by atoms with Crippen molar-refractivity contribution in [1.82, 2.24) is 0 Å². The van der Waals surface area contributed by atoms with E-state index in [1.807, 2.05) is 0 Å². The molecule has 0 N–H and O–H groups in total. The lowest BCUT2D eigenvalue weighted by molar-refractivity contribution is -0.167. The number of carbonyl (C=O) groups is 3. The molecular weight excluding hydrogens is 709 g/mol. The summed E-state index contributed by atoms with van der Waals surface area (Å²) in [5.74, 6) is -0.880. The molecular formula is C51H96O6. The summed E-state index contributed by atoms with van der Waals surface area (Å²) in [6.07, 6.45) is 51.0. The van der Waals surface area contributed by atoms with Gasteiger partial charge < -0.3 is 14.2 Å². The normalized spacial score (nSPS) is 12.0. The van der Waals surface area contributed by atoms with Crippen LogP contribution in [0.15, 0.2) is 12.2 Å². The quantitative estimate of drug-likeness (QED) is 0.0264. The molecule has 0 aliphatic rings. The zero-order valence-corrected chi connectivity index (χ0v) is 38.4. The molecule has 0 bridgehead atoms. The number of allylic oxidation sites excluding steroid dienone is 2. The van der Waals surface area contributed by atoms with Crippen LogP contribution in [0.25, 0.3) is 0 Å². The molecule has 6 heteroatoms. The number of carbonyl (C=O) groups excluding carboxylic acids is 3. The van der Waals surface area contributed by atoms with E-state index in [-0.39, 0.29) is 31.1 Å². The summed E-state index contributed by atoms with van der Waals surface area (Å²) in [5, 5.41) is 0. The average molecular weight is 805 g/mol. The zero-order chi connectivity index (χ0) is 41.5. The third-order valence-corrected chi connectivity index (χ3v) is 11.3. The highest BCUT2D eigenvalue weighted by molar-refractivity contribution is 5.71. The Morgan fingerprint density at radius 3 is 0.895 bits per heavy atom. The smallest absolute Gasteiger partial charge is 0.306 e. The monoisotopic (exact) mass is 805 g/mol. The van der Waals surface area contributed by atoms with Crippen molar-refractivity contribution in [3.05, 3.63) is 12.2 Å². The highest BCUT2D eigenvalue weighted by Gasteiger charge is 2.19. The fourth-order valence-corrected chi connectivity index (χ4v) is 7.44. The highest BCUT2D eigenvalue weighted by atomic mass is 16.6. The van der Waals surface area contributed by atoms with Crippen LogP contribution in [0.4, 0.5) is 0 Å². The minimum absolute atomic E-state index is 0.0697. The van der Waals surface area contributed by atoms with Gasteiger partial charge in [-0.15, -0.1) is 0 Å². The Kier molecular flexibility index (Phi) is 45.3. The maximum absolute atomic E-state index is 12.7. The van der Waals surface area contributed by atoms with Crippen LogP contribution in [-0.4, -0.2) is 37.2 Å². The van der Waals surface area contributed by atoms with E-state index in [2.05, 4.69) is 32.9 Å². The van der Waals surface area contributed by atoms with E-state index in [9.17, 15) is 14.4 Å². The second-order valence-corrected chi connectivity index (χ2v) is 17.1. The van der Waals surface area contributed by atoms with Crippen LogP contribution in [0, 0.1) is 0 Å². The van der Waals surface area contributed by atoms with Gasteiger partial charge in [0, 0.05) is 19.3 Å². The van der Waals surface area contributed by atoms with Gasteiger partial charge in [0.1, 0.15) is 13.2 Å². The molecule has 0 fully saturated rings. The molecule has 0 saturated carbocycles. The van der Waals surface area contributed by atoms with Gasteiger partial charge in [-0.2, -0.15) is 0 Å². The predicted molar refractivity (Wildman–Crippen MR) is 243 cm³/mol. The van der Waals surface area contributed by atoms with Gasteiger partial charge in [0.25, 0.3) is 0 Å². The molecule has 0 radical (unpaired) electrons. The molecule has 0 saturated heterocycles. The van der Waals surface area contributed by atoms with E-state index in [1.54, 1.807) is 0 Å². The first-order valence-electron chi connectivity index (χ1n) is 25.2. The summed E-state index contributed by atoms with van der Waals surface area (Å²) < 4.78 is 16.6.